The maximum atomic E-state index is 4.14. The van der Waals surface area contributed by atoms with Crippen molar-refractivity contribution in [1.82, 2.24) is 0 Å². The van der Waals surface area contributed by atoms with Crippen molar-refractivity contribution in [2.24, 2.45) is 0 Å². The Bertz CT molecular complexity index is 1650. The monoisotopic (exact) mass is 500 g/mol. The van der Waals surface area contributed by atoms with E-state index in [9.17, 15) is 0 Å². The molecule has 1 heteroatoms. The molecular weight excluding hydrogens is 476 g/mol. The highest BCUT2D eigenvalue weighted by Gasteiger charge is 2.23. The van der Waals surface area contributed by atoms with E-state index in [1.54, 1.807) is 0 Å². The van der Waals surface area contributed by atoms with Crippen molar-refractivity contribution in [3.8, 4) is 22.3 Å². The molecule has 0 unspecified atom stereocenters. The van der Waals surface area contributed by atoms with Crippen molar-refractivity contribution in [2.45, 2.75) is 19.8 Å². The summed E-state index contributed by atoms with van der Waals surface area (Å²) in [4.78, 5) is 0. The average Bonchev–Trinajstić information content (AvgIpc) is 2.90. The lowest BCUT2D eigenvalue weighted by Gasteiger charge is -2.23. The van der Waals surface area contributed by atoms with Gasteiger partial charge in [0.15, 0.2) is 0 Å². The maximum Gasteiger partial charge on any atom is 0.0298 e. The van der Waals surface area contributed by atoms with Gasteiger partial charge in [0.2, 0.25) is 0 Å². The first-order chi connectivity index (χ1) is 16.8. The summed E-state index contributed by atoms with van der Waals surface area (Å²) in [5, 5.41) is 7.91. The number of fused-ring (bicyclic) bond motifs is 6. The summed E-state index contributed by atoms with van der Waals surface area (Å²) in [7, 11) is 0. The molecule has 0 aliphatic heterocycles. The highest BCUT2D eigenvalue weighted by atomic mass is 79.9. The first-order valence-corrected chi connectivity index (χ1v) is 12.8. The Morgan fingerprint density at radius 1 is 0.500 bits per heavy atom. The number of halogens is 1. The quantitative estimate of drug-likeness (QED) is 0.211. The third-order valence-corrected chi connectivity index (χ3v) is 7.72. The van der Waals surface area contributed by atoms with Gasteiger partial charge in [0, 0.05) is 10.0 Å². The zero-order valence-electron chi connectivity index (χ0n) is 19.2. The minimum Gasteiger partial charge on any atom is -0.0651 e. The van der Waals surface area contributed by atoms with Gasteiger partial charge in [-0.25, -0.2) is 0 Å². The van der Waals surface area contributed by atoms with E-state index >= 15 is 0 Å². The molecular formula is C33H25Br. The van der Waals surface area contributed by atoms with Crippen molar-refractivity contribution >= 4 is 48.2 Å². The fraction of sp³-hybridized carbons (Fsp3) is 0.0909. The molecule has 0 aromatic heterocycles. The van der Waals surface area contributed by atoms with Gasteiger partial charge >= 0.3 is 0 Å². The Morgan fingerprint density at radius 2 is 0.912 bits per heavy atom. The second-order valence-corrected chi connectivity index (χ2v) is 9.66. The molecule has 0 atom stereocenters. The Labute approximate surface area is 209 Å². The minimum atomic E-state index is 1.02. The number of hydrogen-bond acceptors (Lipinski definition) is 0. The minimum absolute atomic E-state index is 1.02. The van der Waals surface area contributed by atoms with E-state index in [4.69, 9.17) is 0 Å². The summed E-state index contributed by atoms with van der Waals surface area (Å²) >= 11 is 4.14. The van der Waals surface area contributed by atoms with Crippen molar-refractivity contribution in [3.63, 3.8) is 0 Å². The van der Waals surface area contributed by atoms with Crippen molar-refractivity contribution < 1.29 is 0 Å². The molecule has 6 rings (SSSR count). The first-order valence-electron chi connectivity index (χ1n) is 12.0. The van der Waals surface area contributed by atoms with Crippen LogP contribution in [-0.4, -0.2) is 0 Å². The van der Waals surface area contributed by atoms with Crippen LogP contribution in [-0.2, 0) is 6.42 Å². The largest absolute Gasteiger partial charge is 0.0651 e. The second-order valence-electron chi connectivity index (χ2n) is 8.87. The van der Waals surface area contributed by atoms with Crippen LogP contribution in [0.3, 0.4) is 0 Å². The Kier molecular flexibility index (Phi) is 5.43. The van der Waals surface area contributed by atoms with Gasteiger partial charge in [0.05, 0.1) is 0 Å². The summed E-state index contributed by atoms with van der Waals surface area (Å²) in [6.07, 6.45) is 2.10. The van der Waals surface area contributed by atoms with Crippen LogP contribution in [0.5, 0.6) is 0 Å². The van der Waals surface area contributed by atoms with E-state index in [1.807, 2.05) is 0 Å². The zero-order chi connectivity index (χ0) is 23.1. The number of benzene rings is 6. The van der Waals surface area contributed by atoms with Crippen LogP contribution >= 0.6 is 15.9 Å². The summed E-state index contributed by atoms with van der Waals surface area (Å²) in [6, 6.07) is 39.6. The van der Waals surface area contributed by atoms with Crippen molar-refractivity contribution in [1.29, 1.82) is 0 Å². The highest BCUT2D eigenvalue weighted by Crippen LogP contribution is 2.50. The van der Waals surface area contributed by atoms with Crippen molar-refractivity contribution in [3.05, 3.63) is 119 Å². The van der Waals surface area contributed by atoms with Gasteiger partial charge in [0.25, 0.3) is 0 Å². The van der Waals surface area contributed by atoms with E-state index in [0.29, 0.717) is 0 Å². The molecule has 0 nitrogen and oxygen atoms in total. The van der Waals surface area contributed by atoms with E-state index in [1.165, 1.54) is 64.6 Å². The average molecular weight is 501 g/mol. The molecule has 0 spiro atoms. The predicted octanol–water partition coefficient (Wildman–Crippen LogP) is 10.2. The Balaban J connectivity index is 1.98. The standard InChI is InChI=1S/C33H25Br/c1-2-13-28-29(22-14-5-3-6-15-22)31-26-20-11-9-18-24(26)25-19-10-12-21-27(25)32(31)30(33(28)34)23-16-7-4-8-17-23/h3-12,14-21H,2,13H2,1H3. The summed E-state index contributed by atoms with van der Waals surface area (Å²) in [5.41, 5.74) is 6.56. The Morgan fingerprint density at radius 3 is 1.41 bits per heavy atom. The van der Waals surface area contributed by atoms with Gasteiger partial charge in [-0.05, 0) is 76.9 Å². The van der Waals surface area contributed by atoms with Gasteiger partial charge < -0.3 is 0 Å². The first kappa shape index (κ1) is 21.1. The molecule has 0 aliphatic carbocycles. The highest BCUT2D eigenvalue weighted by molar-refractivity contribution is 9.10. The molecule has 0 N–H and O–H groups in total. The molecule has 6 aromatic carbocycles. The van der Waals surface area contributed by atoms with Gasteiger partial charge in [-0.1, -0.05) is 123 Å². The summed E-state index contributed by atoms with van der Waals surface area (Å²) < 4.78 is 1.22. The molecule has 0 amide bonds. The lowest BCUT2D eigenvalue weighted by atomic mass is 9.82. The third kappa shape index (κ3) is 3.27. The molecule has 34 heavy (non-hydrogen) atoms. The normalized spacial score (nSPS) is 11.5. The smallest absolute Gasteiger partial charge is 0.0298 e. The van der Waals surface area contributed by atoms with Gasteiger partial charge in [-0.15, -0.1) is 0 Å². The lowest BCUT2D eigenvalue weighted by Crippen LogP contribution is -1.99. The van der Waals surface area contributed by atoms with E-state index in [-0.39, 0.29) is 0 Å². The van der Waals surface area contributed by atoms with Crippen LogP contribution in [0.2, 0.25) is 0 Å². The molecule has 0 radical (unpaired) electrons. The van der Waals surface area contributed by atoms with E-state index in [0.717, 1.165) is 12.8 Å². The summed E-state index contributed by atoms with van der Waals surface area (Å²) in [6.45, 7) is 2.27. The van der Waals surface area contributed by atoms with E-state index < -0.39 is 0 Å². The van der Waals surface area contributed by atoms with Crippen LogP contribution in [0, 0.1) is 0 Å². The van der Waals surface area contributed by atoms with E-state index in [2.05, 4.69) is 132 Å². The summed E-state index contributed by atoms with van der Waals surface area (Å²) in [5.74, 6) is 0. The van der Waals surface area contributed by atoms with Crippen LogP contribution in [0.25, 0.3) is 54.6 Å². The molecule has 0 saturated heterocycles. The lowest BCUT2D eigenvalue weighted by molar-refractivity contribution is 0.921. The van der Waals surface area contributed by atoms with Crippen LogP contribution in [0.1, 0.15) is 18.9 Å². The predicted molar refractivity (Wildman–Crippen MR) is 152 cm³/mol. The van der Waals surface area contributed by atoms with Crippen molar-refractivity contribution in [2.75, 3.05) is 0 Å². The second kappa shape index (κ2) is 8.74. The van der Waals surface area contributed by atoms with Gasteiger partial charge in [0.1, 0.15) is 0 Å². The fourth-order valence-corrected chi connectivity index (χ4v) is 6.29. The molecule has 0 fully saturated rings. The van der Waals surface area contributed by atoms with Crippen LogP contribution in [0.4, 0.5) is 0 Å². The number of hydrogen-bond donors (Lipinski definition) is 0. The van der Waals surface area contributed by atoms with Crippen LogP contribution < -0.4 is 0 Å². The van der Waals surface area contributed by atoms with Gasteiger partial charge in [-0.3, -0.25) is 0 Å². The third-order valence-electron chi connectivity index (χ3n) is 6.84. The number of rotatable bonds is 4. The molecule has 6 aromatic rings. The Hall–Kier alpha value is -3.42. The molecule has 0 bridgehead atoms. The topological polar surface area (TPSA) is 0 Å². The van der Waals surface area contributed by atoms with Gasteiger partial charge in [-0.2, -0.15) is 0 Å². The zero-order valence-corrected chi connectivity index (χ0v) is 20.8. The molecule has 164 valence electrons. The SMILES string of the molecule is CCCc1c(Br)c(-c2ccccc2)c2c3ccccc3c3ccccc3c2c1-c1ccccc1. The molecule has 0 aliphatic rings. The maximum absolute atomic E-state index is 4.14. The van der Waals surface area contributed by atoms with Crippen LogP contribution in [0.15, 0.2) is 114 Å². The molecule has 0 heterocycles. The molecule has 0 saturated carbocycles. The fourth-order valence-electron chi connectivity index (χ4n) is 5.47.